The van der Waals surface area contributed by atoms with Gasteiger partial charge in [0.25, 0.3) is 11.5 Å². The number of alkyl halides is 2. The number of benzene rings is 1. The van der Waals surface area contributed by atoms with Crippen molar-refractivity contribution in [3.05, 3.63) is 35.5 Å². The first-order chi connectivity index (χ1) is 8.06. The lowest BCUT2D eigenvalue weighted by atomic mass is 10.1. The van der Waals surface area contributed by atoms with E-state index in [0.29, 0.717) is 0 Å². The zero-order valence-electron chi connectivity index (χ0n) is 9.26. The SMILES string of the molecule is Cc1cc2cc(CNC(=O)C(F)Cl)ccc2[nH]1. The van der Waals surface area contributed by atoms with Crippen LogP contribution in [-0.2, 0) is 11.3 Å². The second-order valence-electron chi connectivity index (χ2n) is 3.89. The van der Waals surface area contributed by atoms with Gasteiger partial charge in [0, 0.05) is 17.8 Å². The maximum Gasteiger partial charge on any atom is 0.270 e. The van der Waals surface area contributed by atoms with Crippen LogP contribution < -0.4 is 5.32 Å². The number of carbonyl (C=O) groups excluding carboxylic acids is 1. The molecule has 1 atom stereocenters. The lowest BCUT2D eigenvalue weighted by Gasteiger charge is -2.05. The first-order valence-electron chi connectivity index (χ1n) is 5.20. The van der Waals surface area contributed by atoms with Crippen LogP contribution in [0.2, 0.25) is 0 Å². The van der Waals surface area contributed by atoms with Crippen molar-refractivity contribution in [2.45, 2.75) is 19.1 Å². The molecule has 5 heteroatoms. The first kappa shape index (κ1) is 11.9. The molecule has 1 aromatic heterocycles. The van der Waals surface area contributed by atoms with E-state index in [-0.39, 0.29) is 6.54 Å². The highest BCUT2D eigenvalue weighted by Crippen LogP contribution is 2.16. The second-order valence-corrected chi connectivity index (χ2v) is 4.28. The third-order valence-corrected chi connectivity index (χ3v) is 2.68. The highest BCUT2D eigenvalue weighted by atomic mass is 35.5. The van der Waals surface area contributed by atoms with Gasteiger partial charge < -0.3 is 10.3 Å². The average Bonchev–Trinajstić information content (AvgIpc) is 2.64. The summed E-state index contributed by atoms with van der Waals surface area (Å²) in [5.41, 5.74) is 1.03. The van der Waals surface area contributed by atoms with Crippen LogP contribution in [0.15, 0.2) is 24.3 Å². The van der Waals surface area contributed by atoms with E-state index in [1.54, 1.807) is 0 Å². The van der Waals surface area contributed by atoms with Crippen LogP contribution in [0.25, 0.3) is 10.9 Å². The highest BCUT2D eigenvalue weighted by molar-refractivity contribution is 6.29. The Labute approximate surface area is 103 Å². The normalized spacial score (nSPS) is 12.6. The smallest absolute Gasteiger partial charge is 0.270 e. The van der Waals surface area contributed by atoms with Gasteiger partial charge in [-0.3, -0.25) is 4.79 Å². The molecule has 17 heavy (non-hydrogen) atoms. The molecule has 0 saturated heterocycles. The lowest BCUT2D eigenvalue weighted by molar-refractivity contribution is -0.123. The number of hydrogen-bond donors (Lipinski definition) is 2. The van der Waals surface area contributed by atoms with Crippen LogP contribution in [-0.4, -0.2) is 16.5 Å². The molecule has 0 saturated carbocycles. The van der Waals surface area contributed by atoms with Crippen molar-refractivity contribution in [2.75, 3.05) is 0 Å². The van der Waals surface area contributed by atoms with Crippen LogP contribution in [0, 0.1) is 6.92 Å². The molecule has 0 bridgehead atoms. The molecule has 3 nitrogen and oxygen atoms in total. The van der Waals surface area contributed by atoms with Crippen LogP contribution >= 0.6 is 11.6 Å². The van der Waals surface area contributed by atoms with E-state index in [1.165, 1.54) is 0 Å². The number of rotatable bonds is 3. The van der Waals surface area contributed by atoms with Crippen molar-refractivity contribution in [2.24, 2.45) is 0 Å². The summed E-state index contributed by atoms with van der Waals surface area (Å²) in [6, 6.07) is 7.76. The van der Waals surface area contributed by atoms with Gasteiger partial charge in [0.15, 0.2) is 0 Å². The van der Waals surface area contributed by atoms with Crippen molar-refractivity contribution >= 4 is 28.4 Å². The molecule has 0 spiro atoms. The minimum atomic E-state index is -1.99. The van der Waals surface area contributed by atoms with E-state index >= 15 is 0 Å². The number of aromatic amines is 1. The second kappa shape index (κ2) is 4.75. The van der Waals surface area contributed by atoms with Crippen LogP contribution in [0.3, 0.4) is 0 Å². The Morgan fingerprint density at radius 1 is 1.53 bits per heavy atom. The van der Waals surface area contributed by atoms with Crippen molar-refractivity contribution < 1.29 is 9.18 Å². The fourth-order valence-corrected chi connectivity index (χ4v) is 1.78. The number of aryl methyl sites for hydroxylation is 1. The minimum absolute atomic E-state index is 0.270. The van der Waals surface area contributed by atoms with E-state index in [9.17, 15) is 9.18 Å². The quantitative estimate of drug-likeness (QED) is 0.813. The topological polar surface area (TPSA) is 44.9 Å². The van der Waals surface area contributed by atoms with Gasteiger partial charge in [-0.1, -0.05) is 17.7 Å². The van der Waals surface area contributed by atoms with E-state index in [0.717, 1.165) is 22.2 Å². The van der Waals surface area contributed by atoms with Gasteiger partial charge in [-0.15, -0.1) is 0 Å². The Hall–Kier alpha value is -1.55. The summed E-state index contributed by atoms with van der Waals surface area (Å²) in [5.74, 6) is -0.808. The molecule has 2 N–H and O–H groups in total. The number of H-pyrrole nitrogens is 1. The van der Waals surface area contributed by atoms with E-state index in [4.69, 9.17) is 11.6 Å². The first-order valence-corrected chi connectivity index (χ1v) is 5.64. The van der Waals surface area contributed by atoms with Gasteiger partial charge in [0.1, 0.15) is 0 Å². The van der Waals surface area contributed by atoms with E-state index in [2.05, 4.69) is 10.3 Å². The summed E-state index contributed by atoms with van der Waals surface area (Å²) >= 11 is 5.01. The van der Waals surface area contributed by atoms with Gasteiger partial charge in [0.05, 0.1) is 0 Å². The molecule has 0 radical (unpaired) electrons. The van der Waals surface area contributed by atoms with Crippen molar-refractivity contribution in [3.63, 3.8) is 0 Å². The summed E-state index contributed by atoms with van der Waals surface area (Å²) < 4.78 is 12.4. The molecule has 1 heterocycles. The summed E-state index contributed by atoms with van der Waals surface area (Å²) in [7, 11) is 0. The zero-order valence-corrected chi connectivity index (χ0v) is 10.0. The maximum atomic E-state index is 12.4. The Morgan fingerprint density at radius 2 is 2.29 bits per heavy atom. The average molecular weight is 255 g/mol. The number of aromatic nitrogens is 1. The van der Waals surface area contributed by atoms with Gasteiger partial charge in [-0.25, -0.2) is 4.39 Å². The fourth-order valence-electron chi connectivity index (χ4n) is 1.70. The van der Waals surface area contributed by atoms with E-state index in [1.807, 2.05) is 31.2 Å². The highest BCUT2D eigenvalue weighted by Gasteiger charge is 2.12. The lowest BCUT2D eigenvalue weighted by Crippen LogP contribution is -2.28. The molecule has 1 amide bonds. The van der Waals surface area contributed by atoms with Gasteiger partial charge in [-0.2, -0.15) is 0 Å². The molecule has 0 fully saturated rings. The van der Waals surface area contributed by atoms with Crippen molar-refractivity contribution in [3.8, 4) is 0 Å². The fraction of sp³-hybridized carbons (Fsp3) is 0.250. The maximum absolute atomic E-state index is 12.4. The minimum Gasteiger partial charge on any atom is -0.359 e. The summed E-state index contributed by atoms with van der Waals surface area (Å²) in [5, 5.41) is 3.48. The third-order valence-electron chi connectivity index (χ3n) is 2.48. The monoisotopic (exact) mass is 254 g/mol. The molecule has 90 valence electrons. The number of carbonyl (C=O) groups is 1. The van der Waals surface area contributed by atoms with Crippen LogP contribution in [0.5, 0.6) is 0 Å². The molecule has 0 aliphatic carbocycles. The molecule has 0 aliphatic rings. The summed E-state index contributed by atoms with van der Waals surface area (Å²) in [6.07, 6.45) is 0. The van der Waals surface area contributed by atoms with Gasteiger partial charge >= 0.3 is 0 Å². The number of hydrogen-bond acceptors (Lipinski definition) is 1. The van der Waals surface area contributed by atoms with Gasteiger partial charge in [0.2, 0.25) is 0 Å². The largest absolute Gasteiger partial charge is 0.359 e. The summed E-state index contributed by atoms with van der Waals surface area (Å²) in [4.78, 5) is 14.2. The van der Waals surface area contributed by atoms with Crippen LogP contribution in [0.4, 0.5) is 4.39 Å². The molecule has 2 aromatic rings. The molecule has 2 rings (SSSR count). The van der Waals surface area contributed by atoms with Crippen LogP contribution in [0.1, 0.15) is 11.3 Å². The van der Waals surface area contributed by atoms with Crippen molar-refractivity contribution in [1.29, 1.82) is 0 Å². The molecule has 0 aliphatic heterocycles. The standard InChI is InChI=1S/C12H12ClFN2O/c1-7-4-9-5-8(2-3-10(9)16-7)6-15-12(17)11(13)14/h2-5,11,16H,6H2,1H3,(H,15,17). The predicted molar refractivity (Wildman–Crippen MR) is 65.6 cm³/mol. The third kappa shape index (κ3) is 2.77. The van der Waals surface area contributed by atoms with Crippen molar-refractivity contribution in [1.82, 2.24) is 10.3 Å². The number of nitrogens with one attached hydrogen (secondary N) is 2. The zero-order chi connectivity index (χ0) is 12.4. The number of amides is 1. The molecule has 1 aromatic carbocycles. The predicted octanol–water partition coefficient (Wildman–Crippen LogP) is 2.63. The number of halogens is 2. The molecule has 1 unspecified atom stereocenters. The summed E-state index contributed by atoms with van der Waals surface area (Å²) in [6.45, 7) is 2.24. The number of fused-ring (bicyclic) bond motifs is 1. The Kier molecular flexibility index (Phi) is 3.33. The van der Waals surface area contributed by atoms with Gasteiger partial charge in [-0.05, 0) is 36.1 Å². The Bertz CT molecular complexity index is 550. The Morgan fingerprint density at radius 3 is 3.00 bits per heavy atom. The van der Waals surface area contributed by atoms with E-state index < -0.39 is 11.5 Å². The Balaban J connectivity index is 2.11. The molecular weight excluding hydrogens is 243 g/mol. The molecular formula is C12H12ClFN2O.